The molecule has 1 aliphatic carbocycles. The molecule has 2 aliphatic rings. The number of hydrogen-bond acceptors (Lipinski definition) is 6. The Balaban J connectivity index is 1.32. The Hall–Kier alpha value is -2.83. The number of hydrogen-bond donors (Lipinski definition) is 0. The second-order valence-corrected chi connectivity index (χ2v) is 7.30. The molecular formula is C21H25N3O4. The van der Waals surface area contributed by atoms with Gasteiger partial charge in [-0.2, -0.15) is 0 Å². The number of methoxy groups -OCH3 is 2. The number of aromatic nitrogens is 2. The van der Waals surface area contributed by atoms with Crippen LogP contribution in [0.15, 0.2) is 28.7 Å². The van der Waals surface area contributed by atoms with Crippen molar-refractivity contribution in [3.63, 3.8) is 0 Å². The summed E-state index contributed by atoms with van der Waals surface area (Å²) in [4.78, 5) is 14.4. The third-order valence-electron chi connectivity index (χ3n) is 5.36. The molecule has 0 unspecified atom stereocenters. The maximum absolute atomic E-state index is 12.5. The van der Waals surface area contributed by atoms with Crippen LogP contribution in [0.25, 0.3) is 6.08 Å². The molecule has 4 rings (SSSR count). The van der Waals surface area contributed by atoms with Crippen LogP contribution in [0, 0.1) is 0 Å². The smallest absolute Gasteiger partial charge is 0.246 e. The van der Waals surface area contributed by atoms with Crippen molar-refractivity contribution in [2.45, 2.75) is 37.5 Å². The summed E-state index contributed by atoms with van der Waals surface area (Å²) in [6.45, 7) is 1.39. The molecule has 7 heteroatoms. The lowest BCUT2D eigenvalue weighted by Crippen LogP contribution is -2.36. The minimum Gasteiger partial charge on any atom is -0.493 e. The molecule has 0 N–H and O–H groups in total. The van der Waals surface area contributed by atoms with Crippen molar-refractivity contribution < 1.29 is 18.7 Å². The molecule has 2 heterocycles. The fourth-order valence-corrected chi connectivity index (χ4v) is 3.48. The maximum atomic E-state index is 12.5. The third-order valence-corrected chi connectivity index (χ3v) is 5.36. The van der Waals surface area contributed by atoms with E-state index in [1.165, 1.54) is 0 Å². The molecule has 1 aromatic carbocycles. The highest BCUT2D eigenvalue weighted by Gasteiger charge is 2.32. The van der Waals surface area contributed by atoms with Crippen LogP contribution in [0.2, 0.25) is 0 Å². The predicted molar refractivity (Wildman–Crippen MR) is 103 cm³/mol. The average molecular weight is 383 g/mol. The van der Waals surface area contributed by atoms with Crippen LogP contribution >= 0.6 is 0 Å². The third kappa shape index (κ3) is 4.03. The summed E-state index contributed by atoms with van der Waals surface area (Å²) < 4.78 is 16.4. The first kappa shape index (κ1) is 18.5. The molecule has 2 aromatic rings. The fourth-order valence-electron chi connectivity index (χ4n) is 3.48. The van der Waals surface area contributed by atoms with Crippen LogP contribution in [-0.4, -0.2) is 48.3 Å². The van der Waals surface area contributed by atoms with Gasteiger partial charge in [-0.3, -0.25) is 4.79 Å². The summed E-state index contributed by atoms with van der Waals surface area (Å²) in [6.07, 6.45) is 7.42. The largest absolute Gasteiger partial charge is 0.493 e. The lowest BCUT2D eigenvalue weighted by atomic mass is 9.97. The van der Waals surface area contributed by atoms with Crippen molar-refractivity contribution in [1.29, 1.82) is 0 Å². The Morgan fingerprint density at radius 1 is 1.04 bits per heavy atom. The molecule has 0 radical (unpaired) electrons. The molecule has 1 aliphatic heterocycles. The molecule has 1 aromatic heterocycles. The molecule has 148 valence electrons. The molecule has 0 bridgehead atoms. The molecular weight excluding hydrogens is 358 g/mol. The highest BCUT2D eigenvalue weighted by Crippen LogP contribution is 2.40. The Kier molecular flexibility index (Phi) is 5.32. The van der Waals surface area contributed by atoms with Crippen LogP contribution in [0.4, 0.5) is 0 Å². The first-order valence-corrected chi connectivity index (χ1v) is 9.70. The summed E-state index contributed by atoms with van der Waals surface area (Å²) in [6, 6.07) is 5.57. The van der Waals surface area contributed by atoms with E-state index in [-0.39, 0.29) is 11.8 Å². The SMILES string of the molecule is COc1ccc(/C=C/C(=O)N2CCC(c3nnc(C4CC4)o3)CC2)cc1OC. The van der Waals surface area contributed by atoms with Gasteiger partial charge in [0.1, 0.15) is 0 Å². The van der Waals surface area contributed by atoms with Gasteiger partial charge < -0.3 is 18.8 Å². The van der Waals surface area contributed by atoms with Crippen LogP contribution < -0.4 is 9.47 Å². The Morgan fingerprint density at radius 3 is 2.29 bits per heavy atom. The van der Waals surface area contributed by atoms with Crippen LogP contribution in [0.1, 0.15) is 54.9 Å². The van der Waals surface area contributed by atoms with Crippen molar-refractivity contribution in [1.82, 2.24) is 15.1 Å². The minimum absolute atomic E-state index is 0.0115. The lowest BCUT2D eigenvalue weighted by molar-refractivity contribution is -0.127. The number of rotatable bonds is 6. The molecule has 28 heavy (non-hydrogen) atoms. The molecule has 7 nitrogen and oxygen atoms in total. The van der Waals surface area contributed by atoms with E-state index >= 15 is 0 Å². The Morgan fingerprint density at radius 2 is 1.68 bits per heavy atom. The average Bonchev–Trinajstić information content (AvgIpc) is 3.48. The zero-order valence-electron chi connectivity index (χ0n) is 16.3. The van der Waals surface area contributed by atoms with E-state index in [0.717, 1.165) is 43.0 Å². The molecule has 1 saturated heterocycles. The van der Waals surface area contributed by atoms with Gasteiger partial charge >= 0.3 is 0 Å². The molecule has 0 spiro atoms. The summed E-state index contributed by atoms with van der Waals surface area (Å²) in [7, 11) is 3.19. The van der Waals surface area contributed by atoms with Gasteiger partial charge in [-0.05, 0) is 49.5 Å². The quantitative estimate of drug-likeness (QED) is 0.712. The number of carbonyl (C=O) groups is 1. The highest BCUT2D eigenvalue weighted by atomic mass is 16.5. The first-order chi connectivity index (χ1) is 13.7. The monoisotopic (exact) mass is 383 g/mol. The summed E-state index contributed by atoms with van der Waals surface area (Å²) in [5, 5.41) is 8.39. The molecule has 1 amide bonds. The van der Waals surface area contributed by atoms with E-state index in [1.54, 1.807) is 26.4 Å². The van der Waals surface area contributed by atoms with Crippen molar-refractivity contribution in [2.75, 3.05) is 27.3 Å². The molecule has 2 fully saturated rings. The number of piperidine rings is 1. The van der Waals surface area contributed by atoms with Gasteiger partial charge in [-0.15, -0.1) is 10.2 Å². The number of amides is 1. The summed E-state index contributed by atoms with van der Waals surface area (Å²) in [5.74, 6) is 3.56. The fraction of sp³-hybridized carbons (Fsp3) is 0.476. The predicted octanol–water partition coefficient (Wildman–Crippen LogP) is 3.38. The number of carbonyl (C=O) groups excluding carboxylic acids is 1. The van der Waals surface area contributed by atoms with Crippen molar-refractivity contribution in [2.24, 2.45) is 0 Å². The van der Waals surface area contributed by atoms with Crippen molar-refractivity contribution in [3.05, 3.63) is 41.6 Å². The van der Waals surface area contributed by atoms with Crippen molar-refractivity contribution >= 4 is 12.0 Å². The normalized spacial score (nSPS) is 17.9. The number of benzene rings is 1. The van der Waals surface area contributed by atoms with E-state index in [2.05, 4.69) is 10.2 Å². The second-order valence-electron chi connectivity index (χ2n) is 7.30. The molecule has 0 atom stereocenters. The standard InChI is InChI=1S/C21H25N3O4/c1-26-17-7-3-14(13-18(17)27-2)4-8-19(25)24-11-9-16(10-12-24)21-23-22-20(28-21)15-5-6-15/h3-4,7-8,13,15-16H,5-6,9-12H2,1-2H3/b8-4+. The van der Waals surface area contributed by atoms with E-state index in [4.69, 9.17) is 13.9 Å². The van der Waals surface area contributed by atoms with E-state index in [9.17, 15) is 4.79 Å². The van der Waals surface area contributed by atoms with Gasteiger partial charge in [-0.1, -0.05) is 6.07 Å². The number of nitrogens with zero attached hydrogens (tertiary/aromatic N) is 3. The maximum Gasteiger partial charge on any atom is 0.246 e. The van der Waals surface area contributed by atoms with Crippen LogP contribution in [0.5, 0.6) is 11.5 Å². The zero-order chi connectivity index (χ0) is 19.5. The van der Waals surface area contributed by atoms with Crippen LogP contribution in [-0.2, 0) is 4.79 Å². The second kappa shape index (κ2) is 8.04. The number of ether oxygens (including phenoxy) is 2. The van der Waals surface area contributed by atoms with Crippen LogP contribution in [0.3, 0.4) is 0 Å². The van der Waals surface area contributed by atoms with Gasteiger partial charge in [0.25, 0.3) is 0 Å². The first-order valence-electron chi connectivity index (χ1n) is 9.70. The zero-order valence-corrected chi connectivity index (χ0v) is 16.3. The van der Waals surface area contributed by atoms with Crippen molar-refractivity contribution in [3.8, 4) is 11.5 Å². The van der Waals surface area contributed by atoms with Gasteiger partial charge in [0.05, 0.1) is 14.2 Å². The highest BCUT2D eigenvalue weighted by molar-refractivity contribution is 5.92. The van der Waals surface area contributed by atoms with E-state index in [1.807, 2.05) is 23.1 Å². The summed E-state index contributed by atoms with van der Waals surface area (Å²) in [5.41, 5.74) is 0.888. The van der Waals surface area contributed by atoms with Gasteiger partial charge in [0.15, 0.2) is 11.5 Å². The van der Waals surface area contributed by atoms with Gasteiger partial charge in [0, 0.05) is 31.0 Å². The molecule has 1 saturated carbocycles. The van der Waals surface area contributed by atoms with E-state index in [0.29, 0.717) is 30.5 Å². The van der Waals surface area contributed by atoms with Gasteiger partial charge in [-0.25, -0.2) is 0 Å². The van der Waals surface area contributed by atoms with E-state index < -0.39 is 0 Å². The Labute approximate surface area is 164 Å². The summed E-state index contributed by atoms with van der Waals surface area (Å²) >= 11 is 0. The minimum atomic E-state index is 0.0115. The lowest BCUT2D eigenvalue weighted by Gasteiger charge is -2.29. The van der Waals surface area contributed by atoms with Gasteiger partial charge in [0.2, 0.25) is 17.7 Å². The number of likely N-dealkylation sites (tertiary alicyclic amines) is 1. The Bertz CT molecular complexity index is 864. The topological polar surface area (TPSA) is 77.7 Å².